The molecule has 0 atom stereocenters. The first kappa shape index (κ1) is 11.7. The molecule has 1 N–H and O–H groups in total. The predicted molar refractivity (Wildman–Crippen MR) is 69.8 cm³/mol. The van der Waals surface area contributed by atoms with E-state index in [1.165, 1.54) is 24.0 Å². The Bertz CT molecular complexity index is 352. The smallest absolute Gasteiger partial charge is 0.00968 e. The van der Waals surface area contributed by atoms with Crippen LogP contribution in [0, 0.1) is 6.92 Å². The predicted octanol–water partition coefficient (Wildman–Crippen LogP) is 3.41. The molecule has 0 amide bonds. The first-order chi connectivity index (χ1) is 7.41. The highest BCUT2D eigenvalue weighted by atomic mass is 15.0. The Morgan fingerprint density at radius 1 is 1.12 bits per heavy atom. The van der Waals surface area contributed by atoms with Crippen LogP contribution in [0.25, 0.3) is 0 Å². The summed E-state index contributed by atoms with van der Waals surface area (Å²) in [6, 6.07) is 9.05. The van der Waals surface area contributed by atoms with E-state index in [-0.39, 0.29) is 5.54 Å². The number of rotatable bonds is 3. The molecule has 88 valence electrons. The minimum atomic E-state index is 0.223. The van der Waals surface area contributed by atoms with Gasteiger partial charge in [-0.15, -0.1) is 0 Å². The first-order valence-corrected chi connectivity index (χ1v) is 6.24. The van der Waals surface area contributed by atoms with E-state index in [1.54, 1.807) is 0 Å². The van der Waals surface area contributed by atoms with Crippen molar-refractivity contribution in [1.82, 2.24) is 5.32 Å². The van der Waals surface area contributed by atoms with Gasteiger partial charge in [0.05, 0.1) is 0 Å². The first-order valence-electron chi connectivity index (χ1n) is 6.24. The lowest BCUT2D eigenvalue weighted by molar-refractivity contribution is 0.400. The number of hydrogen-bond acceptors (Lipinski definition) is 1. The fourth-order valence-corrected chi connectivity index (χ4v) is 2.06. The monoisotopic (exact) mass is 217 g/mol. The van der Waals surface area contributed by atoms with E-state index in [1.807, 2.05) is 0 Å². The Labute approximate surface area is 99.3 Å². The van der Waals surface area contributed by atoms with Gasteiger partial charge in [-0.25, -0.2) is 0 Å². The van der Waals surface area contributed by atoms with Crippen molar-refractivity contribution in [2.45, 2.75) is 51.5 Å². The summed E-state index contributed by atoms with van der Waals surface area (Å²) in [6.45, 7) is 9.96. The summed E-state index contributed by atoms with van der Waals surface area (Å²) in [7, 11) is 0. The standard InChI is InChI=1S/C15H23N/c1-12-5-7-13(8-6-12)15(9-10-15)11-16-14(2,3)4/h5-8,16H,9-11H2,1-4H3. The molecule has 0 radical (unpaired) electrons. The summed E-state index contributed by atoms with van der Waals surface area (Å²) < 4.78 is 0. The van der Waals surface area contributed by atoms with Crippen molar-refractivity contribution in [2.24, 2.45) is 0 Å². The molecule has 16 heavy (non-hydrogen) atoms. The van der Waals surface area contributed by atoms with Crippen LogP contribution in [0.3, 0.4) is 0 Å². The van der Waals surface area contributed by atoms with Gasteiger partial charge in [0, 0.05) is 17.5 Å². The average molecular weight is 217 g/mol. The number of benzene rings is 1. The number of hydrogen-bond donors (Lipinski definition) is 1. The summed E-state index contributed by atoms with van der Waals surface area (Å²) in [4.78, 5) is 0. The zero-order valence-electron chi connectivity index (χ0n) is 10.9. The summed E-state index contributed by atoms with van der Waals surface area (Å²) in [5.74, 6) is 0. The van der Waals surface area contributed by atoms with Crippen LogP contribution in [0.1, 0.15) is 44.7 Å². The molecule has 1 aliphatic carbocycles. The second kappa shape index (κ2) is 3.89. The Balaban J connectivity index is 2.06. The molecule has 0 spiro atoms. The average Bonchev–Trinajstić information content (AvgIpc) is 2.96. The van der Waals surface area contributed by atoms with E-state index >= 15 is 0 Å². The van der Waals surface area contributed by atoms with E-state index in [2.05, 4.69) is 57.3 Å². The fourth-order valence-electron chi connectivity index (χ4n) is 2.06. The number of nitrogens with one attached hydrogen (secondary N) is 1. The molecule has 1 saturated carbocycles. The molecular formula is C15H23N. The molecule has 0 unspecified atom stereocenters. The van der Waals surface area contributed by atoms with Crippen LogP contribution in [0.2, 0.25) is 0 Å². The third kappa shape index (κ3) is 2.65. The summed E-state index contributed by atoms with van der Waals surface area (Å²) >= 11 is 0. The van der Waals surface area contributed by atoms with Crippen LogP contribution in [-0.4, -0.2) is 12.1 Å². The fraction of sp³-hybridized carbons (Fsp3) is 0.600. The van der Waals surface area contributed by atoms with Gasteiger partial charge >= 0.3 is 0 Å². The SMILES string of the molecule is Cc1ccc(C2(CNC(C)(C)C)CC2)cc1. The van der Waals surface area contributed by atoms with Crippen LogP contribution in [0.15, 0.2) is 24.3 Å². The van der Waals surface area contributed by atoms with Crippen molar-refractivity contribution in [1.29, 1.82) is 0 Å². The minimum Gasteiger partial charge on any atom is -0.311 e. The van der Waals surface area contributed by atoms with E-state index in [0.717, 1.165) is 6.54 Å². The quantitative estimate of drug-likeness (QED) is 0.818. The van der Waals surface area contributed by atoms with Crippen molar-refractivity contribution in [3.63, 3.8) is 0 Å². The van der Waals surface area contributed by atoms with Gasteiger partial charge in [-0.3, -0.25) is 0 Å². The van der Waals surface area contributed by atoms with Crippen molar-refractivity contribution in [2.75, 3.05) is 6.54 Å². The van der Waals surface area contributed by atoms with Crippen LogP contribution in [0.4, 0.5) is 0 Å². The molecule has 1 nitrogen and oxygen atoms in total. The van der Waals surface area contributed by atoms with Crippen LogP contribution in [-0.2, 0) is 5.41 Å². The molecule has 0 saturated heterocycles. The van der Waals surface area contributed by atoms with Crippen molar-refractivity contribution in [3.05, 3.63) is 35.4 Å². The van der Waals surface area contributed by atoms with Crippen molar-refractivity contribution >= 4 is 0 Å². The molecule has 2 rings (SSSR count). The summed E-state index contributed by atoms with van der Waals surface area (Å²) in [6.07, 6.45) is 2.66. The maximum absolute atomic E-state index is 3.64. The van der Waals surface area contributed by atoms with E-state index in [0.29, 0.717) is 5.41 Å². The lowest BCUT2D eigenvalue weighted by Crippen LogP contribution is -2.40. The van der Waals surface area contributed by atoms with E-state index in [9.17, 15) is 0 Å². The number of aryl methyl sites for hydroxylation is 1. The molecule has 1 aromatic carbocycles. The molecule has 1 aromatic rings. The van der Waals surface area contributed by atoms with Gasteiger partial charge in [0.25, 0.3) is 0 Å². The van der Waals surface area contributed by atoms with Crippen LogP contribution >= 0.6 is 0 Å². The lowest BCUT2D eigenvalue weighted by Gasteiger charge is -2.25. The Morgan fingerprint density at radius 3 is 2.12 bits per heavy atom. The Hall–Kier alpha value is -0.820. The molecule has 1 aliphatic rings. The summed E-state index contributed by atoms with van der Waals surface area (Å²) in [5.41, 5.74) is 3.51. The lowest BCUT2D eigenvalue weighted by atomic mass is 9.94. The maximum Gasteiger partial charge on any atom is 0.00968 e. The van der Waals surface area contributed by atoms with Gasteiger partial charge < -0.3 is 5.32 Å². The van der Waals surface area contributed by atoms with E-state index in [4.69, 9.17) is 0 Å². The van der Waals surface area contributed by atoms with Crippen LogP contribution in [0.5, 0.6) is 0 Å². The molecule has 0 aromatic heterocycles. The zero-order chi connectivity index (χ0) is 11.8. The highest BCUT2D eigenvalue weighted by Crippen LogP contribution is 2.47. The molecule has 1 fully saturated rings. The molecule has 0 heterocycles. The van der Waals surface area contributed by atoms with E-state index < -0.39 is 0 Å². The van der Waals surface area contributed by atoms with Gasteiger partial charge in [0.2, 0.25) is 0 Å². The Kier molecular flexibility index (Phi) is 2.83. The normalized spacial score (nSPS) is 18.5. The third-order valence-electron chi connectivity index (χ3n) is 3.47. The van der Waals surface area contributed by atoms with Crippen molar-refractivity contribution in [3.8, 4) is 0 Å². The van der Waals surface area contributed by atoms with Gasteiger partial charge in [0.15, 0.2) is 0 Å². The Morgan fingerprint density at radius 2 is 1.69 bits per heavy atom. The van der Waals surface area contributed by atoms with Gasteiger partial charge in [-0.1, -0.05) is 29.8 Å². The van der Waals surface area contributed by atoms with Gasteiger partial charge in [0.1, 0.15) is 0 Å². The van der Waals surface area contributed by atoms with Crippen molar-refractivity contribution < 1.29 is 0 Å². The topological polar surface area (TPSA) is 12.0 Å². The molecular weight excluding hydrogens is 194 g/mol. The maximum atomic E-state index is 3.64. The second-order valence-electron chi connectivity index (χ2n) is 6.25. The highest BCUT2D eigenvalue weighted by Gasteiger charge is 2.44. The molecule has 1 heteroatoms. The largest absolute Gasteiger partial charge is 0.311 e. The zero-order valence-corrected chi connectivity index (χ0v) is 10.9. The van der Waals surface area contributed by atoms with Gasteiger partial charge in [-0.05, 0) is 46.1 Å². The van der Waals surface area contributed by atoms with Crippen LogP contribution < -0.4 is 5.32 Å². The van der Waals surface area contributed by atoms with Gasteiger partial charge in [-0.2, -0.15) is 0 Å². The molecule has 0 aliphatic heterocycles. The highest BCUT2D eigenvalue weighted by molar-refractivity contribution is 5.34. The second-order valence-corrected chi connectivity index (χ2v) is 6.25. The minimum absolute atomic E-state index is 0.223. The summed E-state index contributed by atoms with van der Waals surface area (Å²) in [5, 5.41) is 3.64. The molecule has 0 bridgehead atoms. The third-order valence-corrected chi connectivity index (χ3v) is 3.47.